The number of benzene rings is 2. The molecule has 0 bridgehead atoms. The monoisotopic (exact) mass is 452 g/mol. The molecule has 4 rings (SSSR count). The number of anilines is 1. The highest BCUT2D eigenvalue weighted by molar-refractivity contribution is 6.30. The quantitative estimate of drug-likeness (QED) is 0.574. The first kappa shape index (κ1) is 21.9. The summed E-state index contributed by atoms with van der Waals surface area (Å²) in [5, 5.41) is 5.07. The normalized spacial score (nSPS) is 13.8. The van der Waals surface area contributed by atoms with Gasteiger partial charge in [-0.25, -0.2) is 4.68 Å². The third-order valence-electron chi connectivity index (χ3n) is 5.61. The highest BCUT2D eigenvalue weighted by atomic mass is 35.5. The summed E-state index contributed by atoms with van der Waals surface area (Å²) in [6, 6.07) is 18.4. The zero-order valence-electron chi connectivity index (χ0n) is 17.9. The Hall–Kier alpha value is -3.32. The second kappa shape index (κ2) is 9.87. The van der Waals surface area contributed by atoms with Gasteiger partial charge in [0, 0.05) is 54.9 Å². The molecular formula is C24H25ClN4O3. The predicted molar refractivity (Wildman–Crippen MR) is 125 cm³/mol. The standard InChI is InChI=1S/C24H25ClN4O3/c1-32-21-8-6-20(7-9-21)27-14-16-28(17-15-27)23(30)12-13-29-24(31)11-10-22(26-29)18-2-4-19(25)5-3-18/h2-11H,12-17H2,1H3. The minimum absolute atomic E-state index is 0.0324. The lowest BCUT2D eigenvalue weighted by Gasteiger charge is -2.36. The lowest BCUT2D eigenvalue weighted by molar-refractivity contribution is -0.131. The maximum absolute atomic E-state index is 12.7. The first-order valence-corrected chi connectivity index (χ1v) is 10.9. The van der Waals surface area contributed by atoms with Crippen molar-refractivity contribution < 1.29 is 9.53 Å². The fourth-order valence-corrected chi connectivity index (χ4v) is 3.88. The Kier molecular flexibility index (Phi) is 6.75. The summed E-state index contributed by atoms with van der Waals surface area (Å²) in [4.78, 5) is 29.1. The molecule has 0 radical (unpaired) electrons. The summed E-state index contributed by atoms with van der Waals surface area (Å²) in [5.41, 5.74) is 2.43. The van der Waals surface area contributed by atoms with E-state index in [-0.39, 0.29) is 24.4 Å². The lowest BCUT2D eigenvalue weighted by Crippen LogP contribution is -2.49. The number of carbonyl (C=O) groups is 1. The van der Waals surface area contributed by atoms with Crippen LogP contribution < -0.4 is 15.2 Å². The van der Waals surface area contributed by atoms with Crippen molar-refractivity contribution in [3.63, 3.8) is 0 Å². The molecule has 2 aromatic carbocycles. The van der Waals surface area contributed by atoms with Crippen LogP contribution in [0.5, 0.6) is 5.75 Å². The molecule has 8 heteroatoms. The van der Waals surface area contributed by atoms with Gasteiger partial charge in [0.1, 0.15) is 5.75 Å². The van der Waals surface area contributed by atoms with Crippen molar-refractivity contribution in [3.8, 4) is 17.0 Å². The largest absolute Gasteiger partial charge is 0.497 e. The molecule has 1 aliphatic rings. The molecule has 32 heavy (non-hydrogen) atoms. The van der Waals surface area contributed by atoms with Gasteiger partial charge in [-0.2, -0.15) is 5.10 Å². The number of halogens is 1. The molecule has 0 unspecified atom stereocenters. The topological polar surface area (TPSA) is 67.7 Å². The maximum atomic E-state index is 12.7. The lowest BCUT2D eigenvalue weighted by atomic mass is 10.1. The molecule has 166 valence electrons. The van der Waals surface area contributed by atoms with E-state index in [4.69, 9.17) is 16.3 Å². The Balaban J connectivity index is 1.33. The van der Waals surface area contributed by atoms with Crippen LogP contribution in [0, 0.1) is 0 Å². The van der Waals surface area contributed by atoms with Gasteiger partial charge in [0.2, 0.25) is 5.91 Å². The van der Waals surface area contributed by atoms with Crippen LogP contribution in [0.25, 0.3) is 11.3 Å². The molecule has 0 saturated carbocycles. The molecular weight excluding hydrogens is 428 g/mol. The van der Waals surface area contributed by atoms with Crippen molar-refractivity contribution >= 4 is 23.2 Å². The SMILES string of the molecule is COc1ccc(N2CCN(C(=O)CCn3nc(-c4ccc(Cl)cc4)ccc3=O)CC2)cc1. The summed E-state index contributed by atoms with van der Waals surface area (Å²) < 4.78 is 6.56. The van der Waals surface area contributed by atoms with Gasteiger partial charge in [-0.3, -0.25) is 9.59 Å². The van der Waals surface area contributed by atoms with Crippen molar-refractivity contribution in [1.29, 1.82) is 0 Å². The van der Waals surface area contributed by atoms with Crippen LogP contribution in [-0.4, -0.2) is 53.9 Å². The van der Waals surface area contributed by atoms with Crippen LogP contribution in [0.3, 0.4) is 0 Å². The van der Waals surface area contributed by atoms with E-state index in [2.05, 4.69) is 10.00 Å². The molecule has 0 spiro atoms. The summed E-state index contributed by atoms with van der Waals surface area (Å²) in [5.74, 6) is 0.858. The van der Waals surface area contributed by atoms with E-state index in [1.54, 1.807) is 25.3 Å². The summed E-state index contributed by atoms with van der Waals surface area (Å²) in [6.07, 6.45) is 0.236. The number of ether oxygens (including phenoxy) is 1. The predicted octanol–water partition coefficient (Wildman–Crippen LogP) is 3.31. The molecule has 0 aliphatic carbocycles. The van der Waals surface area contributed by atoms with Gasteiger partial charge in [0.15, 0.2) is 0 Å². The number of aryl methyl sites for hydroxylation is 1. The van der Waals surface area contributed by atoms with Crippen LogP contribution in [0.2, 0.25) is 5.02 Å². The summed E-state index contributed by atoms with van der Waals surface area (Å²) in [6.45, 7) is 3.08. The number of rotatable bonds is 6. The zero-order valence-corrected chi connectivity index (χ0v) is 18.7. The minimum Gasteiger partial charge on any atom is -0.497 e. The Bertz CT molecular complexity index is 1120. The smallest absolute Gasteiger partial charge is 0.266 e. The number of nitrogens with zero attached hydrogens (tertiary/aromatic N) is 4. The highest BCUT2D eigenvalue weighted by Gasteiger charge is 2.21. The number of piperazine rings is 1. The summed E-state index contributed by atoms with van der Waals surface area (Å²) in [7, 11) is 1.65. The van der Waals surface area contributed by atoms with Gasteiger partial charge >= 0.3 is 0 Å². The number of amides is 1. The zero-order chi connectivity index (χ0) is 22.5. The molecule has 0 atom stereocenters. The first-order valence-electron chi connectivity index (χ1n) is 10.5. The number of carbonyl (C=O) groups excluding carboxylic acids is 1. The Labute approximate surface area is 191 Å². The van der Waals surface area contributed by atoms with Crippen molar-refractivity contribution in [1.82, 2.24) is 14.7 Å². The molecule has 7 nitrogen and oxygen atoms in total. The van der Waals surface area contributed by atoms with Gasteiger partial charge in [-0.05, 0) is 42.5 Å². The molecule has 1 fully saturated rings. The average Bonchev–Trinajstić information content (AvgIpc) is 2.84. The van der Waals surface area contributed by atoms with Crippen LogP contribution in [0.4, 0.5) is 5.69 Å². The average molecular weight is 453 g/mol. The van der Waals surface area contributed by atoms with E-state index in [1.807, 2.05) is 41.3 Å². The van der Waals surface area contributed by atoms with Crippen LogP contribution in [-0.2, 0) is 11.3 Å². The molecule has 0 N–H and O–H groups in total. The molecule has 3 aromatic rings. The van der Waals surface area contributed by atoms with Crippen molar-refractivity contribution in [2.45, 2.75) is 13.0 Å². The second-order valence-electron chi connectivity index (χ2n) is 7.60. The van der Waals surface area contributed by atoms with Crippen LogP contribution in [0.15, 0.2) is 65.5 Å². The van der Waals surface area contributed by atoms with Gasteiger partial charge in [-0.1, -0.05) is 23.7 Å². The van der Waals surface area contributed by atoms with E-state index in [0.717, 1.165) is 30.1 Å². The first-order chi connectivity index (χ1) is 15.5. The Morgan fingerprint density at radius 1 is 0.969 bits per heavy atom. The number of methoxy groups -OCH3 is 1. The van der Waals surface area contributed by atoms with Crippen LogP contribution >= 0.6 is 11.6 Å². The van der Waals surface area contributed by atoms with Crippen LogP contribution in [0.1, 0.15) is 6.42 Å². The molecule has 2 heterocycles. The van der Waals surface area contributed by atoms with E-state index in [9.17, 15) is 9.59 Å². The number of hydrogen-bond acceptors (Lipinski definition) is 5. The third-order valence-corrected chi connectivity index (χ3v) is 5.87. The van der Waals surface area contributed by atoms with Gasteiger partial charge in [0.25, 0.3) is 5.56 Å². The van der Waals surface area contributed by atoms with E-state index in [0.29, 0.717) is 23.8 Å². The molecule has 1 saturated heterocycles. The van der Waals surface area contributed by atoms with Gasteiger partial charge in [-0.15, -0.1) is 0 Å². The maximum Gasteiger partial charge on any atom is 0.266 e. The van der Waals surface area contributed by atoms with Crippen molar-refractivity contribution in [3.05, 3.63) is 76.0 Å². The minimum atomic E-state index is -0.222. The Morgan fingerprint density at radius 2 is 1.66 bits per heavy atom. The highest BCUT2D eigenvalue weighted by Crippen LogP contribution is 2.21. The Morgan fingerprint density at radius 3 is 2.31 bits per heavy atom. The number of aromatic nitrogens is 2. The fraction of sp³-hybridized carbons (Fsp3) is 0.292. The van der Waals surface area contributed by atoms with E-state index in [1.165, 1.54) is 10.7 Å². The van der Waals surface area contributed by atoms with E-state index < -0.39 is 0 Å². The van der Waals surface area contributed by atoms with Gasteiger partial charge < -0.3 is 14.5 Å². The second-order valence-corrected chi connectivity index (χ2v) is 8.04. The molecule has 1 amide bonds. The van der Waals surface area contributed by atoms with Crippen molar-refractivity contribution in [2.24, 2.45) is 0 Å². The van der Waals surface area contributed by atoms with Gasteiger partial charge in [0.05, 0.1) is 19.3 Å². The number of hydrogen-bond donors (Lipinski definition) is 0. The third kappa shape index (κ3) is 5.11. The summed E-state index contributed by atoms with van der Waals surface area (Å²) >= 11 is 5.94. The fourth-order valence-electron chi connectivity index (χ4n) is 3.75. The van der Waals surface area contributed by atoms with E-state index >= 15 is 0 Å². The van der Waals surface area contributed by atoms with Crippen molar-refractivity contribution in [2.75, 3.05) is 38.2 Å². The molecule has 1 aliphatic heterocycles. The molecule has 1 aromatic heterocycles.